The van der Waals surface area contributed by atoms with E-state index in [1.807, 2.05) is 18.2 Å². The summed E-state index contributed by atoms with van der Waals surface area (Å²) in [5, 5.41) is 3.92. The zero-order valence-corrected chi connectivity index (χ0v) is 13.8. The Balaban J connectivity index is 1.71. The van der Waals surface area contributed by atoms with Crippen LogP contribution >= 0.6 is 11.6 Å². The van der Waals surface area contributed by atoms with Gasteiger partial charge >= 0.3 is 0 Å². The monoisotopic (exact) mass is 348 g/mol. The summed E-state index contributed by atoms with van der Waals surface area (Å²) in [6.07, 6.45) is 0. The van der Waals surface area contributed by atoms with Crippen molar-refractivity contribution in [2.75, 3.05) is 26.2 Å². The van der Waals surface area contributed by atoms with Crippen molar-refractivity contribution in [3.8, 4) is 5.75 Å². The first-order valence-corrected chi connectivity index (χ1v) is 8.16. The van der Waals surface area contributed by atoms with Crippen LogP contribution in [0.4, 0.5) is 4.39 Å². The van der Waals surface area contributed by atoms with Crippen molar-refractivity contribution in [2.24, 2.45) is 0 Å². The molecule has 24 heavy (non-hydrogen) atoms. The smallest absolute Gasteiger partial charge is 0.261 e. The molecular weight excluding hydrogens is 331 g/mol. The number of nitrogens with zero attached hydrogens (tertiary/aromatic N) is 1. The zero-order valence-electron chi connectivity index (χ0n) is 13.0. The molecule has 6 heteroatoms. The third kappa shape index (κ3) is 3.86. The fourth-order valence-electron chi connectivity index (χ4n) is 2.80. The molecule has 2 aromatic carbocycles. The van der Waals surface area contributed by atoms with Crippen LogP contribution in [-0.2, 0) is 4.79 Å². The summed E-state index contributed by atoms with van der Waals surface area (Å²) >= 11 is 6.06. The average molecular weight is 349 g/mol. The summed E-state index contributed by atoms with van der Waals surface area (Å²) in [6, 6.07) is 13.4. The van der Waals surface area contributed by atoms with Crippen LogP contribution in [0.5, 0.6) is 5.75 Å². The molecule has 1 heterocycles. The van der Waals surface area contributed by atoms with Gasteiger partial charge in [0.15, 0.2) is 18.2 Å². The van der Waals surface area contributed by atoms with E-state index < -0.39 is 5.82 Å². The van der Waals surface area contributed by atoms with Crippen molar-refractivity contribution in [1.82, 2.24) is 10.2 Å². The molecule has 1 unspecified atom stereocenters. The molecule has 0 radical (unpaired) electrons. The van der Waals surface area contributed by atoms with Gasteiger partial charge in [0.2, 0.25) is 0 Å². The summed E-state index contributed by atoms with van der Waals surface area (Å²) in [5.74, 6) is -0.568. The lowest BCUT2D eigenvalue weighted by molar-refractivity contribution is -0.136. The molecule has 3 rings (SSSR count). The van der Waals surface area contributed by atoms with Gasteiger partial charge in [0.1, 0.15) is 0 Å². The van der Waals surface area contributed by atoms with Crippen molar-refractivity contribution < 1.29 is 13.9 Å². The quantitative estimate of drug-likeness (QED) is 0.923. The first-order chi connectivity index (χ1) is 11.6. The van der Waals surface area contributed by atoms with Gasteiger partial charge in [0, 0.05) is 24.7 Å². The highest BCUT2D eigenvalue weighted by Gasteiger charge is 2.28. The molecule has 126 valence electrons. The number of rotatable bonds is 4. The fourth-order valence-corrected chi connectivity index (χ4v) is 3.00. The van der Waals surface area contributed by atoms with Crippen LogP contribution in [0.15, 0.2) is 48.5 Å². The number of halogens is 2. The van der Waals surface area contributed by atoms with Gasteiger partial charge in [-0.2, -0.15) is 0 Å². The van der Waals surface area contributed by atoms with Crippen LogP contribution in [0.25, 0.3) is 0 Å². The van der Waals surface area contributed by atoms with Crippen molar-refractivity contribution in [3.63, 3.8) is 0 Å². The van der Waals surface area contributed by atoms with Crippen LogP contribution < -0.4 is 10.1 Å². The maximum Gasteiger partial charge on any atom is 0.261 e. The SMILES string of the molecule is O=C(COc1ccccc1F)N1CCNCC1c1cccc(Cl)c1. The molecule has 2 aromatic rings. The van der Waals surface area contributed by atoms with Gasteiger partial charge in [-0.25, -0.2) is 4.39 Å². The van der Waals surface area contributed by atoms with Crippen LogP contribution in [-0.4, -0.2) is 37.0 Å². The first-order valence-electron chi connectivity index (χ1n) is 7.78. The third-order valence-electron chi connectivity index (χ3n) is 3.98. The van der Waals surface area contributed by atoms with Crippen molar-refractivity contribution in [1.29, 1.82) is 0 Å². The number of hydrogen-bond donors (Lipinski definition) is 1. The van der Waals surface area contributed by atoms with Gasteiger partial charge in [-0.05, 0) is 29.8 Å². The second-order valence-corrected chi connectivity index (χ2v) is 6.02. The Morgan fingerprint density at radius 3 is 2.92 bits per heavy atom. The van der Waals surface area contributed by atoms with Gasteiger partial charge in [-0.3, -0.25) is 4.79 Å². The summed E-state index contributed by atoms with van der Waals surface area (Å²) in [5.41, 5.74) is 0.967. The minimum absolute atomic E-state index is 0.0836. The standard InChI is InChI=1S/C18H18ClFN2O2/c19-14-5-3-4-13(10-14)16-11-21-8-9-22(16)18(23)12-24-17-7-2-1-6-15(17)20/h1-7,10,16,21H,8-9,11-12H2. The Hall–Kier alpha value is -2.11. The third-order valence-corrected chi connectivity index (χ3v) is 4.22. The number of nitrogens with one attached hydrogen (secondary N) is 1. The second kappa shape index (κ2) is 7.64. The van der Waals surface area contributed by atoms with E-state index in [2.05, 4.69) is 5.32 Å². The number of carbonyl (C=O) groups excluding carboxylic acids is 1. The van der Waals surface area contributed by atoms with Crippen LogP contribution in [0, 0.1) is 5.82 Å². The number of amides is 1. The summed E-state index contributed by atoms with van der Waals surface area (Å²) in [6.45, 7) is 1.73. The number of hydrogen-bond acceptors (Lipinski definition) is 3. The van der Waals surface area contributed by atoms with Crippen molar-refractivity contribution in [2.45, 2.75) is 6.04 Å². The highest BCUT2D eigenvalue weighted by atomic mass is 35.5. The Labute approximate surface area is 145 Å². The number of para-hydroxylation sites is 1. The van der Waals surface area contributed by atoms with Gasteiger partial charge in [0.05, 0.1) is 6.04 Å². The number of ether oxygens (including phenoxy) is 1. The Morgan fingerprint density at radius 2 is 2.12 bits per heavy atom. The zero-order chi connectivity index (χ0) is 16.9. The molecule has 1 amide bonds. The minimum Gasteiger partial charge on any atom is -0.481 e. The summed E-state index contributed by atoms with van der Waals surface area (Å²) in [4.78, 5) is 14.3. The topological polar surface area (TPSA) is 41.6 Å². The second-order valence-electron chi connectivity index (χ2n) is 5.58. The molecule has 1 aliphatic rings. The fraction of sp³-hybridized carbons (Fsp3) is 0.278. The molecule has 1 atom stereocenters. The predicted molar refractivity (Wildman–Crippen MR) is 90.7 cm³/mol. The molecule has 0 saturated carbocycles. The molecule has 1 aliphatic heterocycles. The van der Waals surface area contributed by atoms with Crippen LogP contribution in [0.1, 0.15) is 11.6 Å². The number of carbonyl (C=O) groups is 1. The van der Waals surface area contributed by atoms with E-state index in [4.69, 9.17) is 16.3 Å². The van der Waals surface area contributed by atoms with E-state index in [1.54, 1.807) is 23.1 Å². The molecule has 1 N–H and O–H groups in total. The van der Waals surface area contributed by atoms with Gasteiger partial charge in [-0.1, -0.05) is 35.9 Å². The molecule has 1 saturated heterocycles. The number of piperazine rings is 1. The van der Waals surface area contributed by atoms with Crippen molar-refractivity contribution in [3.05, 3.63) is 64.9 Å². The Bertz CT molecular complexity index is 726. The molecule has 0 spiro atoms. The van der Waals surface area contributed by atoms with Crippen LogP contribution in [0.3, 0.4) is 0 Å². The maximum atomic E-state index is 13.6. The van der Waals surface area contributed by atoms with Gasteiger partial charge in [0.25, 0.3) is 5.91 Å². The highest BCUT2D eigenvalue weighted by molar-refractivity contribution is 6.30. The van der Waals surface area contributed by atoms with E-state index in [0.717, 1.165) is 5.56 Å². The van der Waals surface area contributed by atoms with E-state index in [1.165, 1.54) is 12.1 Å². The Kier molecular flexibility index (Phi) is 5.33. The minimum atomic E-state index is -0.475. The predicted octanol–water partition coefficient (Wildman–Crippen LogP) is 3.03. The lowest BCUT2D eigenvalue weighted by Crippen LogP contribution is -2.50. The molecule has 0 bridgehead atoms. The van der Waals surface area contributed by atoms with Gasteiger partial charge in [-0.15, -0.1) is 0 Å². The van der Waals surface area contributed by atoms with E-state index in [-0.39, 0.29) is 24.3 Å². The molecule has 0 aliphatic carbocycles. The maximum absolute atomic E-state index is 13.6. The van der Waals surface area contributed by atoms with E-state index >= 15 is 0 Å². The molecular formula is C18H18ClFN2O2. The average Bonchev–Trinajstić information content (AvgIpc) is 2.61. The summed E-state index contributed by atoms with van der Waals surface area (Å²) in [7, 11) is 0. The van der Waals surface area contributed by atoms with E-state index in [9.17, 15) is 9.18 Å². The largest absolute Gasteiger partial charge is 0.481 e. The molecule has 4 nitrogen and oxygen atoms in total. The summed E-state index contributed by atoms with van der Waals surface area (Å²) < 4.78 is 18.9. The van der Waals surface area contributed by atoms with Gasteiger partial charge < -0.3 is 15.0 Å². The van der Waals surface area contributed by atoms with E-state index in [0.29, 0.717) is 24.7 Å². The normalized spacial score (nSPS) is 17.6. The lowest BCUT2D eigenvalue weighted by atomic mass is 10.0. The lowest BCUT2D eigenvalue weighted by Gasteiger charge is -2.36. The molecule has 1 fully saturated rings. The van der Waals surface area contributed by atoms with Crippen molar-refractivity contribution >= 4 is 17.5 Å². The first kappa shape index (κ1) is 16.7. The Morgan fingerprint density at radius 1 is 1.29 bits per heavy atom. The number of benzene rings is 2. The molecule has 0 aromatic heterocycles. The highest BCUT2D eigenvalue weighted by Crippen LogP contribution is 2.25. The van der Waals surface area contributed by atoms with Crippen LogP contribution in [0.2, 0.25) is 5.02 Å².